The molecule has 0 aliphatic carbocycles. The second kappa shape index (κ2) is 24.4. The first-order valence-electron chi connectivity index (χ1n) is 22.7. The van der Waals surface area contributed by atoms with Gasteiger partial charge in [-0.05, 0) is 0 Å². The zero-order valence-corrected chi connectivity index (χ0v) is 40.6. The van der Waals surface area contributed by atoms with Crippen LogP contribution in [0.2, 0.25) is 0 Å². The molecule has 0 aliphatic rings. The van der Waals surface area contributed by atoms with Crippen molar-refractivity contribution in [2.45, 2.75) is 181 Å². The first kappa shape index (κ1) is 51.3. The topological polar surface area (TPSA) is 86.7 Å². The summed E-state index contributed by atoms with van der Waals surface area (Å²) >= 11 is 0. The van der Waals surface area contributed by atoms with E-state index in [4.69, 9.17) is 7.94 Å². The van der Waals surface area contributed by atoms with Gasteiger partial charge >= 0.3 is 348 Å². The van der Waals surface area contributed by atoms with Gasteiger partial charge in [0.15, 0.2) is 0 Å². The van der Waals surface area contributed by atoms with Crippen LogP contribution in [0.3, 0.4) is 0 Å². The third-order valence-electron chi connectivity index (χ3n) is 12.4. The van der Waals surface area contributed by atoms with Crippen LogP contribution in [-0.4, -0.2) is 66.1 Å². The number of aryl methyl sites for hydroxylation is 2. The van der Waals surface area contributed by atoms with E-state index in [2.05, 4.69) is 41.5 Å². The van der Waals surface area contributed by atoms with Crippen molar-refractivity contribution in [2.75, 3.05) is 49.3 Å². The fraction of sp³-hybridized carbons (Fsp3) is 0.739. The number of hydrogen-bond acceptors (Lipinski definition) is 6. The van der Waals surface area contributed by atoms with E-state index in [1.54, 1.807) is 24.3 Å². The number of hydrogen-bond donors (Lipinski definition) is 0. The molecule has 326 valence electrons. The van der Waals surface area contributed by atoms with Crippen molar-refractivity contribution in [3.63, 3.8) is 0 Å². The molecule has 10 heteroatoms. The molecular weight excluding hydrogens is 775 g/mol. The van der Waals surface area contributed by atoms with E-state index in [1.807, 2.05) is 38.1 Å². The van der Waals surface area contributed by atoms with E-state index in [1.165, 1.54) is 0 Å². The van der Waals surface area contributed by atoms with Gasteiger partial charge in [0.05, 0.1) is 0 Å². The van der Waals surface area contributed by atoms with Crippen LogP contribution in [0.15, 0.2) is 58.3 Å². The third-order valence-corrected chi connectivity index (χ3v) is 30.6. The Morgan fingerprint density at radius 2 is 0.571 bits per heavy atom. The third kappa shape index (κ3) is 15.6. The molecule has 0 aromatic heterocycles. The summed E-state index contributed by atoms with van der Waals surface area (Å²) < 4.78 is 70.2. The first-order valence-corrected chi connectivity index (χ1v) is 31.3. The van der Waals surface area contributed by atoms with Crippen molar-refractivity contribution >= 4 is 33.9 Å². The summed E-state index contributed by atoms with van der Waals surface area (Å²) in [7, 11) is -7.81. The molecule has 2 rings (SSSR count). The summed E-state index contributed by atoms with van der Waals surface area (Å²) in [5.41, 5.74) is 2.07. The molecule has 0 amide bonds. The van der Waals surface area contributed by atoms with Gasteiger partial charge in [-0.3, -0.25) is 0 Å². The van der Waals surface area contributed by atoms with Gasteiger partial charge in [0.2, 0.25) is 0 Å². The number of benzene rings is 2. The molecule has 0 fully saturated rings. The molecule has 0 N–H and O–H groups in total. The van der Waals surface area contributed by atoms with Gasteiger partial charge in [0.1, 0.15) is 0 Å². The SMILES string of the molecule is CCCCP(CCCC)(CCCC)(CCCCCCCCP(CCCC)(CCCC)(CCCC)OS(=O)(=O)c1ccc(C)cc1)OS(=O)(=O)c1ccc(C)cc1. The summed E-state index contributed by atoms with van der Waals surface area (Å²) in [6.07, 6.45) is 25.5. The summed E-state index contributed by atoms with van der Waals surface area (Å²) in [6.45, 7) is 11.0. The van der Waals surface area contributed by atoms with Crippen molar-refractivity contribution in [3.05, 3.63) is 59.7 Å². The molecule has 56 heavy (non-hydrogen) atoms. The molecule has 0 aliphatic heterocycles. The quantitative estimate of drug-likeness (QED) is 0.0525. The Morgan fingerprint density at radius 1 is 0.357 bits per heavy atom. The molecule has 0 bridgehead atoms. The van der Waals surface area contributed by atoms with Crippen LogP contribution in [0, 0.1) is 13.8 Å². The summed E-state index contributed by atoms with van der Waals surface area (Å²) in [5.74, 6) is 0. The Morgan fingerprint density at radius 3 is 0.804 bits per heavy atom. The van der Waals surface area contributed by atoms with Crippen molar-refractivity contribution in [2.24, 2.45) is 0 Å². The molecule has 0 heterocycles. The van der Waals surface area contributed by atoms with Gasteiger partial charge < -0.3 is 0 Å². The van der Waals surface area contributed by atoms with Crippen LogP contribution in [0.4, 0.5) is 0 Å². The minimum atomic E-state index is -3.91. The van der Waals surface area contributed by atoms with Crippen molar-refractivity contribution in [1.82, 2.24) is 0 Å². The van der Waals surface area contributed by atoms with E-state index in [0.29, 0.717) is 0 Å². The zero-order chi connectivity index (χ0) is 41.7. The summed E-state index contributed by atoms with van der Waals surface area (Å²) in [4.78, 5) is 0.567. The van der Waals surface area contributed by atoms with Gasteiger partial charge in [0.25, 0.3) is 0 Å². The molecule has 0 unspecified atom stereocenters. The second-order valence-corrected chi connectivity index (χ2v) is 32.4. The van der Waals surface area contributed by atoms with Crippen LogP contribution >= 0.6 is 13.7 Å². The van der Waals surface area contributed by atoms with Gasteiger partial charge in [0, 0.05) is 0 Å². The predicted octanol–water partition coefficient (Wildman–Crippen LogP) is 14.5. The fourth-order valence-electron chi connectivity index (χ4n) is 8.77. The number of unbranched alkanes of at least 4 members (excludes halogenated alkanes) is 11. The maximum absolute atomic E-state index is 14.1. The molecule has 0 saturated heterocycles. The Kier molecular flexibility index (Phi) is 22.3. The average Bonchev–Trinajstić information content (AvgIpc) is 3.17. The number of rotatable bonds is 33. The first-order chi connectivity index (χ1) is 26.6. The van der Waals surface area contributed by atoms with E-state index in [0.717, 1.165) is 176 Å². The van der Waals surface area contributed by atoms with Gasteiger partial charge in [-0.2, -0.15) is 0 Å². The molecule has 0 spiro atoms. The minimum absolute atomic E-state index is 0.284. The monoisotopic (exact) mass is 859 g/mol. The average molecular weight is 859 g/mol. The van der Waals surface area contributed by atoms with E-state index >= 15 is 0 Å². The Balaban J connectivity index is 2.31. The standard InChI is InChI=1S/C46H84O6P2S2/c1-9-15-35-53(36-16-10-2,37-17-11-3,51-55(47,48)45-31-27-43(7)28-32-45)41-25-23-21-22-24-26-42-54(38-18-12-4,39-19-13-5,40-20-14-6)52-56(49,50)46-33-29-44(8)30-34-46/h27-34H,9-26,35-42H2,1-8H3. The van der Waals surface area contributed by atoms with Crippen LogP contribution in [0.25, 0.3) is 0 Å². The van der Waals surface area contributed by atoms with Crippen LogP contribution in [0.5, 0.6) is 0 Å². The van der Waals surface area contributed by atoms with Crippen LogP contribution < -0.4 is 0 Å². The van der Waals surface area contributed by atoms with E-state index in [-0.39, 0.29) is 9.79 Å². The second-order valence-electron chi connectivity index (χ2n) is 17.4. The van der Waals surface area contributed by atoms with Crippen molar-refractivity contribution in [3.8, 4) is 0 Å². The zero-order valence-electron chi connectivity index (χ0n) is 37.2. The van der Waals surface area contributed by atoms with E-state index < -0.39 is 33.9 Å². The van der Waals surface area contributed by atoms with Gasteiger partial charge in [-0.1, -0.05) is 0 Å². The summed E-state index contributed by atoms with van der Waals surface area (Å²) in [5, 5.41) is 0. The van der Waals surface area contributed by atoms with Gasteiger partial charge in [-0.25, -0.2) is 0 Å². The molecule has 2 aromatic rings. The van der Waals surface area contributed by atoms with E-state index in [9.17, 15) is 16.8 Å². The molecule has 0 atom stereocenters. The summed E-state index contributed by atoms with van der Waals surface area (Å²) in [6, 6.07) is 14.3. The Labute approximate surface area is 346 Å². The Bertz CT molecular complexity index is 1440. The van der Waals surface area contributed by atoms with Gasteiger partial charge in [-0.15, -0.1) is 0 Å². The Hall–Kier alpha value is -0.880. The van der Waals surface area contributed by atoms with Crippen LogP contribution in [-0.2, 0) is 28.2 Å². The maximum atomic E-state index is 14.1. The normalized spacial score (nSPS) is 14.3. The van der Waals surface area contributed by atoms with Crippen LogP contribution in [0.1, 0.15) is 168 Å². The van der Waals surface area contributed by atoms with Crippen molar-refractivity contribution < 1.29 is 24.8 Å². The molecule has 0 radical (unpaired) electrons. The molecule has 2 aromatic carbocycles. The van der Waals surface area contributed by atoms with Crippen molar-refractivity contribution in [1.29, 1.82) is 0 Å². The molecule has 6 nitrogen and oxygen atoms in total. The fourth-order valence-corrected chi connectivity index (χ4v) is 28.7. The predicted molar refractivity (Wildman–Crippen MR) is 249 cm³/mol. The molecule has 0 saturated carbocycles. The molecular formula is C46H84O6P2S2.